The molecule has 1 saturated heterocycles. The summed E-state index contributed by atoms with van der Waals surface area (Å²) in [5.41, 5.74) is 0.887. The molecule has 0 saturated carbocycles. The van der Waals surface area contributed by atoms with E-state index in [0.717, 1.165) is 6.42 Å². The predicted molar refractivity (Wildman–Crippen MR) is 112 cm³/mol. The number of aromatic nitrogens is 1. The molecule has 1 fully saturated rings. The second-order valence-corrected chi connectivity index (χ2v) is 7.75. The van der Waals surface area contributed by atoms with E-state index in [1.54, 1.807) is 43.4 Å². The Bertz CT molecular complexity index is 885. The van der Waals surface area contributed by atoms with E-state index < -0.39 is 0 Å². The Kier molecular flexibility index (Phi) is 6.97. The van der Waals surface area contributed by atoms with E-state index in [9.17, 15) is 9.59 Å². The molecule has 1 aliphatic rings. The number of carbonyl (C=O) groups excluding carboxylic acids is 2. The summed E-state index contributed by atoms with van der Waals surface area (Å²) in [5.74, 6) is 2.12. The van der Waals surface area contributed by atoms with Crippen LogP contribution in [0.15, 0.2) is 28.8 Å². The first-order valence-corrected chi connectivity index (χ1v) is 10.2. The van der Waals surface area contributed by atoms with Crippen LogP contribution in [0.3, 0.4) is 0 Å². The molecule has 3 rings (SSSR count). The van der Waals surface area contributed by atoms with Crippen LogP contribution in [0.1, 0.15) is 37.2 Å². The topological polar surface area (TPSA) is 85.1 Å². The van der Waals surface area contributed by atoms with Crippen molar-refractivity contribution in [1.82, 2.24) is 15.0 Å². The number of nitrogens with zero attached hydrogens (tertiary/aromatic N) is 3. The summed E-state index contributed by atoms with van der Waals surface area (Å²) in [6, 6.07) is 6.94. The van der Waals surface area contributed by atoms with Crippen molar-refractivity contribution in [2.75, 3.05) is 40.4 Å². The maximum atomic E-state index is 12.9. The minimum absolute atomic E-state index is 0.157. The Morgan fingerprint density at radius 2 is 1.77 bits per heavy atom. The molecule has 0 radical (unpaired) electrons. The van der Waals surface area contributed by atoms with Gasteiger partial charge in [-0.25, -0.2) is 0 Å². The number of benzene rings is 1. The fraction of sp³-hybridized carbons (Fsp3) is 0.500. The van der Waals surface area contributed by atoms with Gasteiger partial charge in [-0.15, -0.1) is 0 Å². The fourth-order valence-electron chi connectivity index (χ4n) is 3.40. The molecular weight excluding hydrogens is 386 g/mol. The normalized spacial score (nSPS) is 14.2. The number of ether oxygens (including phenoxy) is 2. The van der Waals surface area contributed by atoms with Crippen molar-refractivity contribution in [1.29, 1.82) is 0 Å². The number of carbonyl (C=O) groups is 2. The Balaban J connectivity index is 1.65. The lowest BCUT2D eigenvalue weighted by Gasteiger charge is -2.34. The molecular formula is C22H29N3O5. The minimum atomic E-state index is -0.207. The maximum Gasteiger partial charge on any atom is 0.276 e. The van der Waals surface area contributed by atoms with Gasteiger partial charge in [-0.2, -0.15) is 0 Å². The molecule has 2 heterocycles. The number of methoxy groups -OCH3 is 2. The first kappa shape index (κ1) is 21.7. The van der Waals surface area contributed by atoms with Gasteiger partial charge >= 0.3 is 0 Å². The second kappa shape index (κ2) is 9.65. The second-order valence-electron chi connectivity index (χ2n) is 7.75. The molecule has 1 aromatic carbocycles. The zero-order valence-corrected chi connectivity index (χ0v) is 18.0. The Morgan fingerprint density at radius 1 is 1.07 bits per heavy atom. The van der Waals surface area contributed by atoms with Gasteiger partial charge in [0.25, 0.3) is 5.91 Å². The number of amides is 2. The summed E-state index contributed by atoms with van der Waals surface area (Å²) in [5, 5.41) is 3.96. The Morgan fingerprint density at radius 3 is 2.40 bits per heavy atom. The molecule has 8 heteroatoms. The highest BCUT2D eigenvalue weighted by Crippen LogP contribution is 2.34. The average molecular weight is 415 g/mol. The maximum absolute atomic E-state index is 12.9. The average Bonchev–Trinajstić information content (AvgIpc) is 3.26. The molecule has 0 unspecified atom stereocenters. The van der Waals surface area contributed by atoms with Crippen LogP contribution < -0.4 is 9.47 Å². The Labute approximate surface area is 176 Å². The molecule has 0 aliphatic carbocycles. The van der Waals surface area contributed by atoms with Gasteiger partial charge in [0.1, 0.15) is 11.5 Å². The van der Waals surface area contributed by atoms with Gasteiger partial charge in [0.2, 0.25) is 5.91 Å². The van der Waals surface area contributed by atoms with Crippen LogP contribution in [0, 0.1) is 5.92 Å². The standard InChI is InChI=1S/C22H29N3O5/c1-15(2)5-8-21(26)24-9-11-25(12-10-24)22(27)18-14-20(30-23-18)17-13-16(28-3)6-7-19(17)29-4/h6-7,13-15H,5,8-12H2,1-4H3. The summed E-state index contributed by atoms with van der Waals surface area (Å²) in [7, 11) is 3.14. The summed E-state index contributed by atoms with van der Waals surface area (Å²) < 4.78 is 16.1. The van der Waals surface area contributed by atoms with Crippen molar-refractivity contribution < 1.29 is 23.6 Å². The van der Waals surface area contributed by atoms with Crippen LogP contribution in [-0.4, -0.2) is 67.2 Å². The lowest BCUT2D eigenvalue weighted by atomic mass is 10.1. The smallest absolute Gasteiger partial charge is 0.276 e. The number of rotatable bonds is 7. The fourth-order valence-corrected chi connectivity index (χ4v) is 3.40. The van der Waals surface area contributed by atoms with E-state index in [0.29, 0.717) is 61.3 Å². The molecule has 1 aliphatic heterocycles. The van der Waals surface area contributed by atoms with Gasteiger partial charge in [-0.05, 0) is 30.5 Å². The van der Waals surface area contributed by atoms with E-state index in [1.165, 1.54) is 0 Å². The lowest BCUT2D eigenvalue weighted by Crippen LogP contribution is -2.50. The zero-order valence-electron chi connectivity index (χ0n) is 18.0. The molecule has 1 aromatic heterocycles. The summed E-state index contributed by atoms with van der Waals surface area (Å²) in [6.07, 6.45) is 1.44. The third-order valence-electron chi connectivity index (χ3n) is 5.26. The first-order valence-electron chi connectivity index (χ1n) is 10.2. The Hall–Kier alpha value is -3.03. The quantitative estimate of drug-likeness (QED) is 0.691. The van der Waals surface area contributed by atoms with Crippen LogP contribution in [0.25, 0.3) is 11.3 Å². The predicted octanol–water partition coefficient (Wildman–Crippen LogP) is 3.08. The zero-order chi connectivity index (χ0) is 21.7. The highest BCUT2D eigenvalue weighted by Gasteiger charge is 2.27. The van der Waals surface area contributed by atoms with Crippen LogP contribution in [0.2, 0.25) is 0 Å². The third kappa shape index (κ3) is 4.93. The third-order valence-corrected chi connectivity index (χ3v) is 5.26. The van der Waals surface area contributed by atoms with Gasteiger partial charge in [-0.1, -0.05) is 19.0 Å². The van der Waals surface area contributed by atoms with Crippen LogP contribution >= 0.6 is 0 Å². The van der Waals surface area contributed by atoms with E-state index in [2.05, 4.69) is 19.0 Å². The molecule has 0 atom stereocenters. The molecule has 8 nitrogen and oxygen atoms in total. The van der Waals surface area contributed by atoms with E-state index in [1.807, 2.05) is 4.90 Å². The number of hydrogen-bond acceptors (Lipinski definition) is 6. The van der Waals surface area contributed by atoms with Crippen molar-refractivity contribution >= 4 is 11.8 Å². The molecule has 2 aromatic rings. The largest absolute Gasteiger partial charge is 0.497 e. The van der Waals surface area contributed by atoms with Crippen LogP contribution in [-0.2, 0) is 4.79 Å². The summed E-state index contributed by atoms with van der Waals surface area (Å²) in [6.45, 7) is 6.26. The SMILES string of the molecule is COc1ccc(OC)c(-c2cc(C(=O)N3CCN(C(=O)CCC(C)C)CC3)no2)c1. The van der Waals surface area contributed by atoms with Crippen molar-refractivity contribution in [3.63, 3.8) is 0 Å². The van der Waals surface area contributed by atoms with Gasteiger partial charge in [0.15, 0.2) is 11.5 Å². The van der Waals surface area contributed by atoms with E-state index in [-0.39, 0.29) is 17.5 Å². The summed E-state index contributed by atoms with van der Waals surface area (Å²) in [4.78, 5) is 28.7. The van der Waals surface area contributed by atoms with Crippen LogP contribution in [0.4, 0.5) is 0 Å². The van der Waals surface area contributed by atoms with Crippen molar-refractivity contribution in [2.45, 2.75) is 26.7 Å². The molecule has 162 valence electrons. The van der Waals surface area contributed by atoms with Crippen LogP contribution in [0.5, 0.6) is 11.5 Å². The van der Waals surface area contributed by atoms with E-state index in [4.69, 9.17) is 14.0 Å². The van der Waals surface area contributed by atoms with Gasteiger partial charge in [0, 0.05) is 38.7 Å². The monoisotopic (exact) mass is 415 g/mol. The molecule has 2 amide bonds. The molecule has 0 N–H and O–H groups in total. The molecule has 0 bridgehead atoms. The highest BCUT2D eigenvalue weighted by molar-refractivity contribution is 5.93. The minimum Gasteiger partial charge on any atom is -0.497 e. The molecule has 30 heavy (non-hydrogen) atoms. The number of piperazine rings is 1. The van der Waals surface area contributed by atoms with Gasteiger partial charge in [0.05, 0.1) is 19.8 Å². The molecule has 0 spiro atoms. The van der Waals surface area contributed by atoms with Gasteiger partial charge < -0.3 is 23.8 Å². The lowest BCUT2D eigenvalue weighted by molar-refractivity contribution is -0.132. The number of hydrogen-bond donors (Lipinski definition) is 0. The van der Waals surface area contributed by atoms with E-state index >= 15 is 0 Å². The van der Waals surface area contributed by atoms with Crippen molar-refractivity contribution in [3.05, 3.63) is 30.0 Å². The highest BCUT2D eigenvalue weighted by atomic mass is 16.5. The summed E-state index contributed by atoms with van der Waals surface area (Å²) >= 11 is 0. The van der Waals surface area contributed by atoms with Crippen molar-refractivity contribution in [2.24, 2.45) is 5.92 Å². The first-order chi connectivity index (χ1) is 14.4. The van der Waals surface area contributed by atoms with Crippen molar-refractivity contribution in [3.8, 4) is 22.8 Å². The van der Waals surface area contributed by atoms with Gasteiger partial charge in [-0.3, -0.25) is 9.59 Å².